The Labute approximate surface area is 101 Å². The van der Waals surface area contributed by atoms with Gasteiger partial charge in [0.15, 0.2) is 0 Å². The number of rotatable bonds is 4. The average molecular weight is 252 g/mol. The summed E-state index contributed by atoms with van der Waals surface area (Å²) in [5.41, 5.74) is 4.69. The van der Waals surface area contributed by atoms with Crippen molar-refractivity contribution >= 4 is 6.09 Å². The van der Waals surface area contributed by atoms with E-state index in [-0.39, 0.29) is 5.92 Å². The second kappa shape index (κ2) is 6.14. The Balaban J connectivity index is 4.51. The predicted octanol–water partition coefficient (Wildman–Crippen LogP) is 2.13. The van der Waals surface area contributed by atoms with Crippen LogP contribution in [0.4, 0.5) is 13.6 Å². The number of carbonyl (C=O) groups excluding carboxylic acids is 1. The fourth-order valence-corrected chi connectivity index (χ4v) is 1.31. The molecule has 0 rings (SSSR count). The Morgan fingerprint density at radius 2 is 1.76 bits per heavy atom. The molecule has 0 aliphatic heterocycles. The van der Waals surface area contributed by atoms with Crippen LogP contribution in [0.25, 0.3) is 0 Å². The van der Waals surface area contributed by atoms with Gasteiger partial charge >= 0.3 is 6.09 Å². The molecule has 2 atom stereocenters. The van der Waals surface area contributed by atoms with Crippen LogP contribution in [0.2, 0.25) is 0 Å². The summed E-state index contributed by atoms with van der Waals surface area (Å²) in [5.74, 6) is -0.202. The summed E-state index contributed by atoms with van der Waals surface area (Å²) in [7, 11) is 0. The molecule has 0 bridgehead atoms. The highest BCUT2D eigenvalue weighted by Gasteiger charge is 2.31. The second-order valence-electron chi connectivity index (χ2n) is 5.33. The van der Waals surface area contributed by atoms with E-state index in [9.17, 15) is 13.6 Å². The number of nitrogens with one attached hydrogen (secondary N) is 1. The zero-order valence-corrected chi connectivity index (χ0v) is 11.0. The lowest BCUT2D eigenvalue weighted by molar-refractivity contribution is 0.0408. The van der Waals surface area contributed by atoms with E-state index in [1.807, 2.05) is 0 Å². The fourth-order valence-electron chi connectivity index (χ4n) is 1.31. The molecule has 0 aliphatic rings. The summed E-state index contributed by atoms with van der Waals surface area (Å²) >= 11 is 0. The molecule has 0 aromatic carbocycles. The molecule has 17 heavy (non-hydrogen) atoms. The SMILES string of the molecule is CC(C)C(NC(=O)OC(C)(C)C)C(N)C(F)F. The zero-order chi connectivity index (χ0) is 13.8. The molecular weight excluding hydrogens is 230 g/mol. The van der Waals surface area contributed by atoms with Gasteiger partial charge < -0.3 is 15.8 Å². The monoisotopic (exact) mass is 252 g/mol. The lowest BCUT2D eigenvalue weighted by atomic mass is 9.97. The average Bonchev–Trinajstić information content (AvgIpc) is 2.09. The highest BCUT2D eigenvalue weighted by molar-refractivity contribution is 5.68. The van der Waals surface area contributed by atoms with E-state index in [1.165, 1.54) is 0 Å². The van der Waals surface area contributed by atoms with Crippen molar-refractivity contribution in [1.29, 1.82) is 0 Å². The van der Waals surface area contributed by atoms with Crippen LogP contribution >= 0.6 is 0 Å². The van der Waals surface area contributed by atoms with Gasteiger partial charge in [0, 0.05) is 0 Å². The third kappa shape index (κ3) is 6.41. The molecule has 0 saturated heterocycles. The van der Waals surface area contributed by atoms with Crippen LogP contribution in [0.5, 0.6) is 0 Å². The minimum absolute atomic E-state index is 0.202. The summed E-state index contributed by atoms with van der Waals surface area (Å²) in [6.07, 6.45) is -3.41. The smallest absolute Gasteiger partial charge is 0.407 e. The molecule has 0 aromatic heterocycles. The van der Waals surface area contributed by atoms with Gasteiger partial charge in [-0.05, 0) is 26.7 Å². The molecule has 4 nitrogen and oxygen atoms in total. The van der Waals surface area contributed by atoms with Crippen LogP contribution in [0.3, 0.4) is 0 Å². The van der Waals surface area contributed by atoms with Crippen molar-refractivity contribution in [3.63, 3.8) is 0 Å². The Kier molecular flexibility index (Phi) is 5.81. The number of hydrogen-bond donors (Lipinski definition) is 2. The van der Waals surface area contributed by atoms with Crippen LogP contribution in [0.1, 0.15) is 34.6 Å². The lowest BCUT2D eigenvalue weighted by Gasteiger charge is -2.29. The first kappa shape index (κ1) is 16.1. The number of ether oxygens (including phenoxy) is 1. The van der Waals surface area contributed by atoms with Crippen molar-refractivity contribution in [2.24, 2.45) is 11.7 Å². The Hall–Kier alpha value is -0.910. The van der Waals surface area contributed by atoms with Crippen LogP contribution in [0, 0.1) is 5.92 Å². The van der Waals surface area contributed by atoms with Crippen LogP contribution < -0.4 is 11.1 Å². The Bertz CT molecular complexity index is 252. The van der Waals surface area contributed by atoms with Gasteiger partial charge in [0.05, 0.1) is 12.1 Å². The first-order valence-electron chi connectivity index (χ1n) is 5.58. The number of carbonyl (C=O) groups is 1. The molecule has 2 unspecified atom stereocenters. The van der Waals surface area contributed by atoms with Gasteiger partial charge in [-0.2, -0.15) is 0 Å². The maximum atomic E-state index is 12.5. The summed E-state index contributed by atoms with van der Waals surface area (Å²) in [5, 5.41) is 2.39. The van der Waals surface area contributed by atoms with Crippen LogP contribution in [-0.4, -0.2) is 30.2 Å². The largest absolute Gasteiger partial charge is 0.444 e. The maximum Gasteiger partial charge on any atom is 0.407 e. The molecular formula is C11H22F2N2O2. The van der Waals surface area contributed by atoms with Gasteiger partial charge in [0.2, 0.25) is 0 Å². The number of alkyl carbamates (subject to hydrolysis) is 1. The van der Waals surface area contributed by atoms with Crippen molar-refractivity contribution < 1.29 is 18.3 Å². The molecule has 102 valence electrons. The van der Waals surface area contributed by atoms with Crippen molar-refractivity contribution in [1.82, 2.24) is 5.32 Å². The number of amides is 1. The van der Waals surface area contributed by atoms with E-state index in [1.54, 1.807) is 34.6 Å². The van der Waals surface area contributed by atoms with Crippen molar-refractivity contribution in [2.75, 3.05) is 0 Å². The maximum absolute atomic E-state index is 12.5. The molecule has 0 spiro atoms. The molecule has 0 radical (unpaired) electrons. The topological polar surface area (TPSA) is 64.3 Å². The molecule has 6 heteroatoms. The second-order valence-corrected chi connectivity index (χ2v) is 5.33. The normalized spacial score (nSPS) is 15.9. The van der Waals surface area contributed by atoms with Crippen LogP contribution in [0.15, 0.2) is 0 Å². The van der Waals surface area contributed by atoms with Gasteiger partial charge in [0.1, 0.15) is 5.60 Å². The van der Waals surface area contributed by atoms with E-state index in [0.29, 0.717) is 0 Å². The summed E-state index contributed by atoms with van der Waals surface area (Å²) in [6, 6.07) is -2.22. The van der Waals surface area contributed by atoms with E-state index in [0.717, 1.165) is 0 Å². The van der Waals surface area contributed by atoms with Crippen molar-refractivity contribution in [3.8, 4) is 0 Å². The molecule has 0 heterocycles. The van der Waals surface area contributed by atoms with Gasteiger partial charge in [-0.3, -0.25) is 0 Å². The fraction of sp³-hybridized carbons (Fsp3) is 0.909. The van der Waals surface area contributed by atoms with Crippen molar-refractivity contribution in [3.05, 3.63) is 0 Å². The van der Waals surface area contributed by atoms with Crippen LogP contribution in [-0.2, 0) is 4.74 Å². The minimum Gasteiger partial charge on any atom is -0.444 e. The molecule has 1 amide bonds. The number of alkyl halides is 2. The summed E-state index contributed by atoms with van der Waals surface area (Å²) in [6.45, 7) is 8.52. The number of hydrogen-bond acceptors (Lipinski definition) is 3. The zero-order valence-electron chi connectivity index (χ0n) is 11.0. The molecule has 0 saturated carbocycles. The molecule has 0 aliphatic carbocycles. The third-order valence-corrected chi connectivity index (χ3v) is 2.11. The van der Waals surface area contributed by atoms with Gasteiger partial charge in [0.25, 0.3) is 6.43 Å². The summed E-state index contributed by atoms with van der Waals surface area (Å²) in [4.78, 5) is 11.5. The van der Waals surface area contributed by atoms with E-state index in [2.05, 4.69) is 5.32 Å². The van der Waals surface area contributed by atoms with Crippen molar-refractivity contribution in [2.45, 2.75) is 58.7 Å². The van der Waals surface area contributed by atoms with Gasteiger partial charge in [-0.15, -0.1) is 0 Å². The van der Waals surface area contributed by atoms with E-state index in [4.69, 9.17) is 10.5 Å². The van der Waals surface area contributed by atoms with Gasteiger partial charge in [-0.1, -0.05) is 13.8 Å². The number of nitrogens with two attached hydrogens (primary N) is 1. The number of halogens is 2. The summed E-state index contributed by atoms with van der Waals surface area (Å²) < 4.78 is 30.0. The quantitative estimate of drug-likeness (QED) is 0.805. The lowest BCUT2D eigenvalue weighted by Crippen LogP contribution is -2.54. The molecule has 0 fully saturated rings. The third-order valence-electron chi connectivity index (χ3n) is 2.11. The minimum atomic E-state index is -2.68. The standard InChI is InChI=1S/C11H22F2N2O2/c1-6(2)8(7(14)9(12)13)15-10(16)17-11(3,4)5/h6-9H,14H2,1-5H3,(H,15,16). The molecule has 3 N–H and O–H groups in total. The molecule has 0 aromatic rings. The Morgan fingerprint density at radius 1 is 1.29 bits per heavy atom. The first-order chi connectivity index (χ1) is 7.54. The van der Waals surface area contributed by atoms with E-state index < -0.39 is 30.2 Å². The predicted molar refractivity (Wildman–Crippen MR) is 62.0 cm³/mol. The highest BCUT2D eigenvalue weighted by atomic mass is 19.3. The Morgan fingerprint density at radius 3 is 2.06 bits per heavy atom. The van der Waals surface area contributed by atoms with Gasteiger partial charge in [-0.25, -0.2) is 13.6 Å². The first-order valence-corrected chi connectivity index (χ1v) is 5.58. The highest BCUT2D eigenvalue weighted by Crippen LogP contribution is 2.13. The van der Waals surface area contributed by atoms with E-state index >= 15 is 0 Å².